The number of nitrogens with one attached hydrogen (secondary N) is 1. The largest absolute Gasteiger partial charge is 0.387 e. The number of hydrogen-bond donors (Lipinski definition) is 3. The van der Waals surface area contributed by atoms with Gasteiger partial charge in [-0.25, -0.2) is 0 Å². The third-order valence-corrected chi connectivity index (χ3v) is 4.75. The van der Waals surface area contributed by atoms with Crippen LogP contribution < -0.4 is 11.3 Å². The van der Waals surface area contributed by atoms with Crippen molar-refractivity contribution in [2.45, 2.75) is 70.8 Å². The molecule has 4 heteroatoms. The second-order valence-corrected chi connectivity index (χ2v) is 6.78. The van der Waals surface area contributed by atoms with Crippen LogP contribution >= 0.6 is 0 Å². The van der Waals surface area contributed by atoms with E-state index in [1.54, 1.807) is 0 Å². The molecular formula is C15H28N2O2. The van der Waals surface area contributed by atoms with Crippen LogP contribution in [0.4, 0.5) is 0 Å². The van der Waals surface area contributed by atoms with Crippen molar-refractivity contribution < 1.29 is 9.84 Å². The van der Waals surface area contributed by atoms with Gasteiger partial charge in [0.25, 0.3) is 0 Å². The average molecular weight is 268 g/mol. The highest BCUT2D eigenvalue weighted by Gasteiger charge is 2.56. The summed E-state index contributed by atoms with van der Waals surface area (Å²) >= 11 is 0. The van der Waals surface area contributed by atoms with E-state index < -0.39 is 5.60 Å². The fraction of sp³-hybridized carbons (Fsp3) is 0.867. The van der Waals surface area contributed by atoms with Crippen molar-refractivity contribution in [2.24, 2.45) is 17.7 Å². The van der Waals surface area contributed by atoms with Crippen LogP contribution in [0.3, 0.4) is 0 Å². The van der Waals surface area contributed by atoms with Gasteiger partial charge in [-0.2, -0.15) is 0 Å². The monoisotopic (exact) mass is 268 g/mol. The molecule has 1 saturated heterocycles. The smallest absolute Gasteiger partial charge is 0.0951 e. The highest BCUT2D eigenvalue weighted by molar-refractivity contribution is 5.09. The van der Waals surface area contributed by atoms with E-state index in [-0.39, 0.29) is 24.2 Å². The molecule has 4 N–H and O–H groups in total. The Morgan fingerprint density at radius 1 is 1.47 bits per heavy atom. The molecule has 2 rings (SSSR count). The summed E-state index contributed by atoms with van der Waals surface area (Å²) in [5.41, 5.74) is 3.34. The molecule has 6 atom stereocenters. The zero-order valence-corrected chi connectivity index (χ0v) is 12.5. The first kappa shape index (κ1) is 15.0. The summed E-state index contributed by atoms with van der Waals surface area (Å²) in [4.78, 5) is 0. The molecule has 110 valence electrons. The molecule has 19 heavy (non-hydrogen) atoms. The van der Waals surface area contributed by atoms with Crippen molar-refractivity contribution in [2.75, 3.05) is 0 Å². The third-order valence-electron chi connectivity index (χ3n) is 4.75. The molecule has 1 saturated carbocycles. The van der Waals surface area contributed by atoms with Gasteiger partial charge in [-0.1, -0.05) is 18.6 Å². The molecule has 2 fully saturated rings. The van der Waals surface area contributed by atoms with Gasteiger partial charge >= 0.3 is 0 Å². The van der Waals surface area contributed by atoms with E-state index in [1.807, 2.05) is 6.92 Å². The van der Waals surface area contributed by atoms with E-state index in [4.69, 9.17) is 10.6 Å². The Morgan fingerprint density at radius 3 is 2.74 bits per heavy atom. The van der Waals surface area contributed by atoms with Crippen LogP contribution in [0.25, 0.3) is 0 Å². The van der Waals surface area contributed by atoms with E-state index in [0.717, 1.165) is 19.3 Å². The summed E-state index contributed by atoms with van der Waals surface area (Å²) in [7, 11) is 0. The number of aliphatic hydroxyl groups is 1. The Labute approximate surface area is 116 Å². The van der Waals surface area contributed by atoms with Crippen molar-refractivity contribution in [1.82, 2.24) is 5.43 Å². The maximum Gasteiger partial charge on any atom is 0.0951 e. The van der Waals surface area contributed by atoms with Crippen molar-refractivity contribution >= 4 is 0 Å². The number of hydrazine groups is 1. The third kappa shape index (κ3) is 2.87. The van der Waals surface area contributed by atoms with E-state index in [2.05, 4.69) is 32.3 Å². The summed E-state index contributed by atoms with van der Waals surface area (Å²) in [5.74, 6) is 6.35. The van der Waals surface area contributed by atoms with Gasteiger partial charge in [-0.05, 0) is 46.0 Å². The minimum absolute atomic E-state index is 0.0873. The number of allylic oxidation sites excluding steroid dienone is 1. The summed E-state index contributed by atoms with van der Waals surface area (Å²) in [5, 5.41) is 10.9. The van der Waals surface area contributed by atoms with Gasteiger partial charge in [0.15, 0.2) is 0 Å². The molecule has 1 heterocycles. The molecule has 2 unspecified atom stereocenters. The Morgan fingerprint density at radius 2 is 2.16 bits per heavy atom. The summed E-state index contributed by atoms with van der Waals surface area (Å²) in [6.07, 6.45) is 4.93. The molecule has 4 nitrogen and oxygen atoms in total. The first-order valence-electron chi connectivity index (χ1n) is 7.33. The second kappa shape index (κ2) is 5.52. The van der Waals surface area contributed by atoms with Crippen LogP contribution in [0, 0.1) is 11.8 Å². The SMILES string of the molecule is CC(C)=CCC1O[C@H]2C[C@@H](C)CC(NN)[C@H]2[C@@]1(C)O. The lowest BCUT2D eigenvalue weighted by atomic mass is 9.70. The van der Waals surface area contributed by atoms with Gasteiger partial charge in [-0.3, -0.25) is 11.3 Å². The lowest BCUT2D eigenvalue weighted by Crippen LogP contribution is -2.56. The molecule has 0 spiro atoms. The van der Waals surface area contributed by atoms with Crippen molar-refractivity contribution in [3.05, 3.63) is 11.6 Å². The first-order chi connectivity index (χ1) is 8.86. The summed E-state index contributed by atoms with van der Waals surface area (Å²) in [6.45, 7) is 8.27. The van der Waals surface area contributed by atoms with Gasteiger partial charge in [0.05, 0.1) is 17.8 Å². The van der Waals surface area contributed by atoms with Crippen LogP contribution in [0.15, 0.2) is 11.6 Å². The van der Waals surface area contributed by atoms with Crippen LogP contribution in [-0.4, -0.2) is 29.0 Å². The Hall–Kier alpha value is -0.420. The van der Waals surface area contributed by atoms with Gasteiger partial charge in [0.1, 0.15) is 0 Å². The zero-order valence-electron chi connectivity index (χ0n) is 12.5. The van der Waals surface area contributed by atoms with E-state index in [9.17, 15) is 5.11 Å². The molecule has 0 aromatic heterocycles. The average Bonchev–Trinajstić information content (AvgIpc) is 2.56. The minimum Gasteiger partial charge on any atom is -0.387 e. The Bertz CT molecular complexity index is 350. The highest BCUT2D eigenvalue weighted by Crippen LogP contribution is 2.46. The van der Waals surface area contributed by atoms with Crippen LogP contribution in [0.5, 0.6) is 0 Å². The quantitative estimate of drug-likeness (QED) is 0.414. The van der Waals surface area contributed by atoms with Crippen molar-refractivity contribution in [3.8, 4) is 0 Å². The standard InChI is InChI=1S/C15H28N2O2/c1-9(2)5-6-13-15(4,18)14-11(17-16)7-10(3)8-12(14)19-13/h5,10-14,17-18H,6-8,16H2,1-4H3/t10-,11?,12-,13?,14+,15-/m0/s1. The number of hydrogen-bond acceptors (Lipinski definition) is 4. The number of nitrogens with two attached hydrogens (primary N) is 1. The maximum absolute atomic E-state index is 10.9. The molecule has 2 aliphatic rings. The predicted octanol–water partition coefficient (Wildman–Crippen LogP) is 1.74. The highest BCUT2D eigenvalue weighted by atomic mass is 16.5. The molecule has 0 amide bonds. The van der Waals surface area contributed by atoms with E-state index in [1.165, 1.54) is 5.57 Å². The Kier molecular flexibility index (Phi) is 4.35. The molecule has 1 aliphatic heterocycles. The molecular weight excluding hydrogens is 240 g/mol. The molecule has 1 aliphatic carbocycles. The molecule has 0 radical (unpaired) electrons. The van der Waals surface area contributed by atoms with Crippen molar-refractivity contribution in [1.29, 1.82) is 0 Å². The van der Waals surface area contributed by atoms with Crippen molar-refractivity contribution in [3.63, 3.8) is 0 Å². The maximum atomic E-state index is 10.9. The van der Waals surface area contributed by atoms with E-state index >= 15 is 0 Å². The number of ether oxygens (including phenoxy) is 1. The second-order valence-electron chi connectivity index (χ2n) is 6.78. The fourth-order valence-electron chi connectivity index (χ4n) is 3.77. The molecule has 0 aromatic rings. The normalized spacial score (nSPS) is 45.9. The molecule has 0 aromatic carbocycles. The van der Waals surface area contributed by atoms with Crippen LogP contribution in [-0.2, 0) is 4.74 Å². The topological polar surface area (TPSA) is 67.5 Å². The summed E-state index contributed by atoms with van der Waals surface area (Å²) < 4.78 is 6.14. The van der Waals surface area contributed by atoms with Gasteiger partial charge in [0, 0.05) is 12.0 Å². The van der Waals surface area contributed by atoms with E-state index in [0.29, 0.717) is 5.92 Å². The number of rotatable bonds is 3. The lowest BCUT2D eigenvalue weighted by molar-refractivity contribution is -0.0433. The van der Waals surface area contributed by atoms with Gasteiger partial charge in [-0.15, -0.1) is 0 Å². The first-order valence-corrected chi connectivity index (χ1v) is 7.33. The Balaban J connectivity index is 2.17. The zero-order chi connectivity index (χ0) is 14.2. The fourth-order valence-corrected chi connectivity index (χ4v) is 3.77. The predicted molar refractivity (Wildman–Crippen MR) is 76.3 cm³/mol. The van der Waals surface area contributed by atoms with Crippen LogP contribution in [0.2, 0.25) is 0 Å². The van der Waals surface area contributed by atoms with Gasteiger partial charge < -0.3 is 9.84 Å². The van der Waals surface area contributed by atoms with Gasteiger partial charge in [0.2, 0.25) is 0 Å². The molecule has 0 bridgehead atoms. The van der Waals surface area contributed by atoms with Crippen LogP contribution in [0.1, 0.15) is 47.0 Å². The minimum atomic E-state index is -0.812. The summed E-state index contributed by atoms with van der Waals surface area (Å²) in [6, 6.07) is 0.139. The number of fused-ring (bicyclic) bond motifs is 1. The lowest BCUT2D eigenvalue weighted by Gasteiger charge is -2.40.